The number of benzene rings is 1. The van der Waals surface area contributed by atoms with E-state index in [9.17, 15) is 14.4 Å². The molecular weight excluding hydrogens is 330 g/mol. The number of carbonyl (C=O) groups is 3. The smallest absolute Gasteiger partial charge is 0.292 e. The summed E-state index contributed by atoms with van der Waals surface area (Å²) < 4.78 is 0. The Morgan fingerprint density at radius 3 is 2.50 bits per heavy atom. The number of hydrogen-bond donors (Lipinski definition) is 2. The molecule has 0 bridgehead atoms. The lowest BCUT2D eigenvalue weighted by molar-refractivity contribution is -0.131. The van der Waals surface area contributed by atoms with Gasteiger partial charge in [-0.25, -0.2) is 0 Å². The molecule has 0 spiro atoms. The van der Waals surface area contributed by atoms with E-state index in [0.717, 1.165) is 36.8 Å². The minimum Gasteiger partial charge on any atom is -0.358 e. The summed E-state index contributed by atoms with van der Waals surface area (Å²) in [5.41, 5.74) is 1.90. The maximum Gasteiger partial charge on any atom is 0.292 e. The van der Waals surface area contributed by atoms with Crippen molar-refractivity contribution in [2.75, 3.05) is 19.6 Å². The number of Topliss-reactive ketones (excluding diaryl/α,β-unsaturated/α-hetero) is 1. The van der Waals surface area contributed by atoms with Crippen LogP contribution < -0.4 is 5.32 Å². The van der Waals surface area contributed by atoms with E-state index in [2.05, 4.69) is 10.3 Å². The number of aromatic nitrogens is 1. The van der Waals surface area contributed by atoms with Crippen LogP contribution in [0.4, 0.5) is 0 Å². The molecule has 2 amide bonds. The standard InChI is InChI=1S/C20H25N3O3/c1-14-18(15-8-4-5-9-16(15)22-14)19(25)20(26)21-11-10-17(24)23-12-6-2-3-7-13-23/h4-5,8-9,22H,2-3,6-7,10-13H2,1H3,(H,21,26). The Morgan fingerprint density at radius 2 is 1.77 bits per heavy atom. The molecule has 2 heterocycles. The van der Waals surface area contributed by atoms with Crippen LogP contribution in [0.2, 0.25) is 0 Å². The first-order valence-corrected chi connectivity index (χ1v) is 9.25. The minimum atomic E-state index is -0.665. The lowest BCUT2D eigenvalue weighted by Gasteiger charge is -2.20. The normalized spacial score (nSPS) is 14.9. The highest BCUT2D eigenvalue weighted by atomic mass is 16.2. The van der Waals surface area contributed by atoms with Crippen molar-refractivity contribution in [1.82, 2.24) is 15.2 Å². The number of fused-ring (bicyclic) bond motifs is 1. The maximum atomic E-state index is 12.5. The Balaban J connectivity index is 1.57. The van der Waals surface area contributed by atoms with Crippen LogP contribution in [-0.4, -0.2) is 47.1 Å². The number of H-pyrrole nitrogens is 1. The first-order valence-electron chi connectivity index (χ1n) is 9.25. The molecule has 0 unspecified atom stereocenters. The number of nitrogens with zero attached hydrogens (tertiary/aromatic N) is 1. The lowest BCUT2D eigenvalue weighted by atomic mass is 10.1. The van der Waals surface area contributed by atoms with Crippen LogP contribution in [0.3, 0.4) is 0 Å². The van der Waals surface area contributed by atoms with Crippen molar-refractivity contribution in [3.8, 4) is 0 Å². The molecule has 1 aromatic carbocycles. The second-order valence-corrected chi connectivity index (χ2v) is 6.80. The van der Waals surface area contributed by atoms with Gasteiger partial charge in [0.05, 0.1) is 5.56 Å². The average molecular weight is 355 g/mol. The van der Waals surface area contributed by atoms with E-state index in [1.807, 2.05) is 29.2 Å². The fourth-order valence-electron chi connectivity index (χ4n) is 3.52. The van der Waals surface area contributed by atoms with Crippen molar-refractivity contribution in [3.63, 3.8) is 0 Å². The summed E-state index contributed by atoms with van der Waals surface area (Å²) in [5.74, 6) is -1.19. The van der Waals surface area contributed by atoms with Crippen LogP contribution in [0.5, 0.6) is 0 Å². The van der Waals surface area contributed by atoms with Crippen LogP contribution in [0.1, 0.15) is 48.2 Å². The van der Waals surface area contributed by atoms with Crippen molar-refractivity contribution < 1.29 is 14.4 Å². The number of amides is 2. The van der Waals surface area contributed by atoms with E-state index < -0.39 is 11.7 Å². The molecule has 0 aliphatic carbocycles. The number of para-hydroxylation sites is 1. The average Bonchev–Trinajstić information content (AvgIpc) is 2.80. The van der Waals surface area contributed by atoms with Gasteiger partial charge in [0.15, 0.2) is 0 Å². The molecule has 2 aromatic rings. The van der Waals surface area contributed by atoms with Crippen molar-refractivity contribution in [2.24, 2.45) is 0 Å². The van der Waals surface area contributed by atoms with Gasteiger partial charge in [0.1, 0.15) is 0 Å². The molecule has 1 aromatic heterocycles. The van der Waals surface area contributed by atoms with Crippen molar-refractivity contribution in [2.45, 2.75) is 39.0 Å². The zero-order valence-electron chi connectivity index (χ0n) is 15.1. The number of carbonyl (C=O) groups excluding carboxylic acids is 3. The van der Waals surface area contributed by atoms with Crippen LogP contribution in [0.25, 0.3) is 10.9 Å². The zero-order chi connectivity index (χ0) is 18.5. The molecule has 2 N–H and O–H groups in total. The van der Waals surface area contributed by atoms with E-state index >= 15 is 0 Å². The summed E-state index contributed by atoms with van der Waals surface area (Å²) in [4.78, 5) is 42.0. The lowest BCUT2D eigenvalue weighted by Crippen LogP contribution is -2.37. The molecule has 0 saturated carbocycles. The van der Waals surface area contributed by atoms with Gasteiger partial charge in [-0.15, -0.1) is 0 Å². The van der Waals surface area contributed by atoms with Crippen molar-refractivity contribution in [1.29, 1.82) is 0 Å². The largest absolute Gasteiger partial charge is 0.358 e. The van der Waals surface area contributed by atoms with Crippen LogP contribution >= 0.6 is 0 Å². The Kier molecular flexibility index (Phi) is 5.71. The molecule has 0 atom stereocenters. The number of likely N-dealkylation sites (tertiary alicyclic amines) is 1. The first-order chi connectivity index (χ1) is 12.6. The highest BCUT2D eigenvalue weighted by Crippen LogP contribution is 2.22. The third kappa shape index (κ3) is 3.95. The Bertz CT molecular complexity index is 817. The third-order valence-corrected chi connectivity index (χ3v) is 4.91. The predicted molar refractivity (Wildman–Crippen MR) is 100 cm³/mol. The number of ketones is 1. The van der Waals surface area contributed by atoms with Gasteiger partial charge in [0, 0.05) is 42.7 Å². The zero-order valence-corrected chi connectivity index (χ0v) is 15.1. The van der Waals surface area contributed by atoms with Gasteiger partial charge in [0.2, 0.25) is 5.91 Å². The molecular formula is C20H25N3O3. The van der Waals surface area contributed by atoms with E-state index in [-0.39, 0.29) is 18.9 Å². The second-order valence-electron chi connectivity index (χ2n) is 6.80. The third-order valence-electron chi connectivity index (χ3n) is 4.91. The predicted octanol–water partition coefficient (Wildman–Crippen LogP) is 2.57. The molecule has 3 rings (SSSR count). The number of aromatic amines is 1. The number of aryl methyl sites for hydroxylation is 1. The quantitative estimate of drug-likeness (QED) is 0.639. The van der Waals surface area contributed by atoms with Gasteiger partial charge >= 0.3 is 0 Å². The molecule has 26 heavy (non-hydrogen) atoms. The van der Waals surface area contributed by atoms with Gasteiger partial charge in [-0.1, -0.05) is 31.0 Å². The maximum absolute atomic E-state index is 12.5. The van der Waals surface area contributed by atoms with Gasteiger partial charge in [0.25, 0.3) is 11.7 Å². The summed E-state index contributed by atoms with van der Waals surface area (Å²) in [5, 5.41) is 3.34. The van der Waals surface area contributed by atoms with Gasteiger partial charge in [-0.3, -0.25) is 14.4 Å². The van der Waals surface area contributed by atoms with Gasteiger partial charge in [-0.05, 0) is 25.8 Å². The minimum absolute atomic E-state index is 0.0444. The molecule has 1 fully saturated rings. The van der Waals surface area contributed by atoms with Gasteiger partial charge in [-0.2, -0.15) is 0 Å². The SMILES string of the molecule is Cc1[nH]c2ccccc2c1C(=O)C(=O)NCCC(=O)N1CCCCCC1. The van der Waals surface area contributed by atoms with Crippen LogP contribution in [0.15, 0.2) is 24.3 Å². The fourth-order valence-corrected chi connectivity index (χ4v) is 3.52. The molecule has 1 aliphatic heterocycles. The van der Waals surface area contributed by atoms with Crippen LogP contribution in [0, 0.1) is 6.92 Å². The summed E-state index contributed by atoms with van der Waals surface area (Å²) in [7, 11) is 0. The van der Waals surface area contributed by atoms with E-state index in [0.29, 0.717) is 11.3 Å². The van der Waals surface area contributed by atoms with Crippen molar-refractivity contribution in [3.05, 3.63) is 35.5 Å². The summed E-state index contributed by atoms with van der Waals surface area (Å²) in [6.07, 6.45) is 4.64. The topological polar surface area (TPSA) is 82.3 Å². The Labute approximate surface area is 152 Å². The second kappa shape index (κ2) is 8.17. The monoisotopic (exact) mass is 355 g/mol. The molecule has 6 nitrogen and oxygen atoms in total. The van der Waals surface area contributed by atoms with Crippen molar-refractivity contribution >= 4 is 28.5 Å². The fraction of sp³-hybridized carbons (Fsp3) is 0.450. The Hall–Kier alpha value is -2.63. The molecule has 138 valence electrons. The highest BCUT2D eigenvalue weighted by molar-refractivity contribution is 6.45. The molecule has 0 radical (unpaired) electrons. The molecule has 1 aliphatic rings. The van der Waals surface area contributed by atoms with Crippen LogP contribution in [-0.2, 0) is 9.59 Å². The highest BCUT2D eigenvalue weighted by Gasteiger charge is 2.23. The van der Waals surface area contributed by atoms with Gasteiger partial charge < -0.3 is 15.2 Å². The number of rotatable bonds is 5. The summed E-state index contributed by atoms with van der Waals surface area (Å²) in [6, 6.07) is 7.41. The molecule has 1 saturated heterocycles. The van der Waals surface area contributed by atoms with E-state index in [1.165, 1.54) is 12.8 Å². The van der Waals surface area contributed by atoms with E-state index in [1.54, 1.807) is 6.92 Å². The number of nitrogens with one attached hydrogen (secondary N) is 2. The first kappa shape index (κ1) is 18.2. The number of hydrogen-bond acceptors (Lipinski definition) is 3. The molecule has 6 heteroatoms. The summed E-state index contributed by atoms with van der Waals surface area (Å²) in [6.45, 7) is 3.55. The summed E-state index contributed by atoms with van der Waals surface area (Å²) >= 11 is 0. The van der Waals surface area contributed by atoms with E-state index in [4.69, 9.17) is 0 Å². The Morgan fingerprint density at radius 1 is 1.08 bits per heavy atom.